The molecule has 0 amide bonds. The number of guanidine groups is 1. The van der Waals surface area contributed by atoms with E-state index < -0.39 is 5.97 Å². The fourth-order valence-electron chi connectivity index (χ4n) is 1.60. The second-order valence-corrected chi connectivity index (χ2v) is 5.20. The van der Waals surface area contributed by atoms with Crippen molar-refractivity contribution in [1.82, 2.24) is 0 Å². The predicted molar refractivity (Wildman–Crippen MR) is 91.3 cm³/mol. The van der Waals surface area contributed by atoms with Gasteiger partial charge < -0.3 is 16.2 Å². The molecule has 2 aromatic rings. The number of benzene rings is 2. The molecule has 2 rings (SSSR count). The molecule has 0 spiro atoms. The molecule has 0 saturated carbocycles. The van der Waals surface area contributed by atoms with E-state index in [1.54, 1.807) is 30.3 Å². The third-order valence-electron chi connectivity index (χ3n) is 2.62. The van der Waals surface area contributed by atoms with Gasteiger partial charge in [-0.3, -0.25) is 0 Å². The van der Waals surface area contributed by atoms with E-state index in [0.29, 0.717) is 10.8 Å². The van der Waals surface area contributed by atoms with Crippen molar-refractivity contribution in [2.75, 3.05) is 0 Å². The van der Waals surface area contributed by atoms with Gasteiger partial charge in [-0.05, 0) is 48.0 Å². The van der Waals surface area contributed by atoms with Crippen LogP contribution in [0.25, 0.3) is 0 Å². The number of carbonyl (C=O) groups excluding carboxylic acids is 1. The van der Waals surface area contributed by atoms with Crippen LogP contribution in [0.5, 0.6) is 5.75 Å². The molecule has 0 unspecified atom stereocenters. The standard InChI is InChI=1S/C15H12Cl2N4O2/c16-10-3-6-12(13(17)7-10)14(22)23-11-4-1-9(2-5-11)8-20-21-15(18)19/h1-8H,(H4,18,19,21)/b20-8-. The van der Waals surface area contributed by atoms with Gasteiger partial charge in [0, 0.05) is 5.02 Å². The summed E-state index contributed by atoms with van der Waals surface area (Å²) < 4.78 is 5.24. The number of halogens is 2. The Labute approximate surface area is 142 Å². The highest BCUT2D eigenvalue weighted by Gasteiger charge is 2.13. The first kappa shape index (κ1) is 16.8. The molecule has 118 valence electrons. The Morgan fingerprint density at radius 1 is 1.09 bits per heavy atom. The molecule has 23 heavy (non-hydrogen) atoms. The number of esters is 1. The topological polar surface area (TPSA) is 103 Å². The third kappa shape index (κ3) is 4.98. The highest BCUT2D eigenvalue weighted by atomic mass is 35.5. The van der Waals surface area contributed by atoms with Gasteiger partial charge in [0.2, 0.25) is 5.96 Å². The summed E-state index contributed by atoms with van der Waals surface area (Å²) in [6, 6.07) is 11.1. The molecule has 4 N–H and O–H groups in total. The van der Waals surface area contributed by atoms with Crippen LogP contribution in [0.3, 0.4) is 0 Å². The Morgan fingerprint density at radius 3 is 2.39 bits per heavy atom. The molecule has 0 heterocycles. The van der Waals surface area contributed by atoms with Gasteiger partial charge in [0.05, 0.1) is 16.8 Å². The van der Waals surface area contributed by atoms with Crippen LogP contribution in [-0.4, -0.2) is 18.1 Å². The second-order valence-electron chi connectivity index (χ2n) is 4.35. The lowest BCUT2D eigenvalue weighted by atomic mass is 10.2. The maximum atomic E-state index is 12.1. The molecule has 0 atom stereocenters. The smallest absolute Gasteiger partial charge is 0.345 e. The van der Waals surface area contributed by atoms with Gasteiger partial charge in [0.1, 0.15) is 5.75 Å². The van der Waals surface area contributed by atoms with Crippen LogP contribution in [0.15, 0.2) is 52.7 Å². The molecule has 8 heteroatoms. The van der Waals surface area contributed by atoms with Crippen molar-refractivity contribution in [3.05, 3.63) is 63.6 Å². The van der Waals surface area contributed by atoms with E-state index in [0.717, 1.165) is 5.56 Å². The predicted octanol–water partition coefficient (Wildman–Crippen LogP) is 2.82. The van der Waals surface area contributed by atoms with E-state index in [1.165, 1.54) is 18.3 Å². The van der Waals surface area contributed by atoms with Gasteiger partial charge in [0.25, 0.3) is 0 Å². The molecular formula is C15H12Cl2N4O2. The fraction of sp³-hybridized carbons (Fsp3) is 0. The maximum absolute atomic E-state index is 12.1. The Kier molecular flexibility index (Phi) is 5.56. The van der Waals surface area contributed by atoms with E-state index in [9.17, 15) is 4.79 Å². The van der Waals surface area contributed by atoms with Crippen molar-refractivity contribution in [3.63, 3.8) is 0 Å². The highest BCUT2D eigenvalue weighted by molar-refractivity contribution is 6.36. The summed E-state index contributed by atoms with van der Waals surface area (Å²) in [5.74, 6) is -0.347. The van der Waals surface area contributed by atoms with E-state index in [2.05, 4.69) is 10.2 Å². The number of nitrogens with zero attached hydrogens (tertiary/aromatic N) is 2. The summed E-state index contributed by atoms with van der Waals surface area (Å²) in [6.45, 7) is 0. The maximum Gasteiger partial charge on any atom is 0.345 e. The van der Waals surface area contributed by atoms with Crippen molar-refractivity contribution < 1.29 is 9.53 Å². The molecule has 0 aliphatic rings. The molecule has 0 aliphatic heterocycles. The first-order valence-electron chi connectivity index (χ1n) is 6.35. The van der Waals surface area contributed by atoms with E-state index >= 15 is 0 Å². The zero-order valence-electron chi connectivity index (χ0n) is 11.7. The summed E-state index contributed by atoms with van der Waals surface area (Å²) in [5.41, 5.74) is 11.3. The van der Waals surface area contributed by atoms with Crippen molar-refractivity contribution in [2.24, 2.45) is 21.7 Å². The molecule has 0 aliphatic carbocycles. The van der Waals surface area contributed by atoms with Gasteiger partial charge in [-0.25, -0.2) is 4.79 Å². The average molecular weight is 351 g/mol. The molecule has 2 aromatic carbocycles. The summed E-state index contributed by atoms with van der Waals surface area (Å²) >= 11 is 11.7. The SMILES string of the molecule is NC(N)=N/N=C\c1ccc(OC(=O)c2ccc(Cl)cc2Cl)cc1. The summed E-state index contributed by atoms with van der Waals surface area (Å²) in [7, 11) is 0. The van der Waals surface area contributed by atoms with Crippen LogP contribution >= 0.6 is 23.2 Å². The fourth-order valence-corrected chi connectivity index (χ4v) is 2.09. The van der Waals surface area contributed by atoms with Crippen LogP contribution < -0.4 is 16.2 Å². The van der Waals surface area contributed by atoms with Crippen LogP contribution in [0.2, 0.25) is 10.0 Å². The van der Waals surface area contributed by atoms with Crippen molar-refractivity contribution in [1.29, 1.82) is 0 Å². The normalized spacial score (nSPS) is 10.5. The van der Waals surface area contributed by atoms with Gasteiger partial charge in [-0.2, -0.15) is 5.10 Å². The van der Waals surface area contributed by atoms with E-state index in [1.807, 2.05) is 0 Å². The zero-order chi connectivity index (χ0) is 16.8. The molecule has 0 aromatic heterocycles. The number of nitrogens with two attached hydrogens (primary N) is 2. The Balaban J connectivity index is 2.07. The lowest BCUT2D eigenvalue weighted by molar-refractivity contribution is 0.0735. The number of ether oxygens (including phenoxy) is 1. The van der Waals surface area contributed by atoms with Crippen LogP contribution in [0, 0.1) is 0 Å². The summed E-state index contributed by atoms with van der Waals surface area (Å²) in [4.78, 5) is 12.1. The third-order valence-corrected chi connectivity index (χ3v) is 3.17. The van der Waals surface area contributed by atoms with Crippen molar-refractivity contribution in [2.45, 2.75) is 0 Å². The van der Waals surface area contributed by atoms with E-state index in [-0.39, 0.29) is 16.5 Å². The van der Waals surface area contributed by atoms with Crippen molar-refractivity contribution >= 4 is 41.3 Å². The minimum absolute atomic E-state index is 0.133. The summed E-state index contributed by atoms with van der Waals surface area (Å²) in [5, 5.41) is 7.82. The van der Waals surface area contributed by atoms with E-state index in [4.69, 9.17) is 39.4 Å². The first-order chi connectivity index (χ1) is 11.0. The van der Waals surface area contributed by atoms with Crippen LogP contribution in [-0.2, 0) is 0 Å². The Hall–Kier alpha value is -2.57. The molecule has 0 radical (unpaired) electrons. The van der Waals surface area contributed by atoms with Gasteiger partial charge in [0.15, 0.2) is 0 Å². The van der Waals surface area contributed by atoms with Crippen LogP contribution in [0.1, 0.15) is 15.9 Å². The van der Waals surface area contributed by atoms with Crippen molar-refractivity contribution in [3.8, 4) is 5.75 Å². The molecule has 0 saturated heterocycles. The summed E-state index contributed by atoms with van der Waals surface area (Å²) in [6.07, 6.45) is 1.46. The van der Waals surface area contributed by atoms with Gasteiger partial charge >= 0.3 is 5.97 Å². The molecule has 0 fully saturated rings. The second kappa shape index (κ2) is 7.62. The monoisotopic (exact) mass is 350 g/mol. The quantitative estimate of drug-likeness (QED) is 0.291. The highest BCUT2D eigenvalue weighted by Crippen LogP contribution is 2.22. The van der Waals surface area contributed by atoms with Crippen LogP contribution in [0.4, 0.5) is 0 Å². The molecular weight excluding hydrogens is 339 g/mol. The lowest BCUT2D eigenvalue weighted by Gasteiger charge is -2.06. The average Bonchev–Trinajstić information content (AvgIpc) is 2.48. The minimum atomic E-state index is -0.575. The van der Waals surface area contributed by atoms with Gasteiger partial charge in [-0.15, -0.1) is 5.10 Å². The number of hydrogen-bond donors (Lipinski definition) is 2. The van der Waals surface area contributed by atoms with Gasteiger partial charge in [-0.1, -0.05) is 23.2 Å². The minimum Gasteiger partial charge on any atom is -0.423 e. The zero-order valence-corrected chi connectivity index (χ0v) is 13.3. The lowest BCUT2D eigenvalue weighted by Crippen LogP contribution is -2.21. The Morgan fingerprint density at radius 2 is 1.78 bits per heavy atom. The number of rotatable bonds is 4. The largest absolute Gasteiger partial charge is 0.423 e. The molecule has 0 bridgehead atoms. The Bertz CT molecular complexity index is 770. The molecule has 6 nitrogen and oxygen atoms in total. The first-order valence-corrected chi connectivity index (χ1v) is 7.10. The number of carbonyl (C=O) groups is 1. The number of hydrogen-bond acceptors (Lipinski definition) is 4.